The number of hydrogen-bond donors (Lipinski definition) is 0. The van der Waals surface area contributed by atoms with Gasteiger partial charge in [-0.3, -0.25) is 0 Å². The van der Waals surface area contributed by atoms with E-state index < -0.39 is 0 Å². The molecule has 9 rings (SSSR count). The molecular formula is C46H30. The fourth-order valence-corrected chi connectivity index (χ4v) is 7.23. The fourth-order valence-electron chi connectivity index (χ4n) is 7.23. The molecule has 0 amide bonds. The Labute approximate surface area is 268 Å². The van der Waals surface area contributed by atoms with Gasteiger partial charge in [-0.25, -0.2) is 0 Å². The Morgan fingerprint density at radius 1 is 0.217 bits per heavy atom. The Hall–Kier alpha value is -5.98. The molecule has 0 atom stereocenters. The lowest BCUT2D eigenvalue weighted by Crippen LogP contribution is -1.92. The highest BCUT2D eigenvalue weighted by molar-refractivity contribution is 6.24. The van der Waals surface area contributed by atoms with Gasteiger partial charge in [-0.05, 0) is 99.7 Å². The van der Waals surface area contributed by atoms with Gasteiger partial charge >= 0.3 is 0 Å². The van der Waals surface area contributed by atoms with Gasteiger partial charge in [0.05, 0.1) is 0 Å². The average Bonchev–Trinajstić information content (AvgIpc) is 3.13. The summed E-state index contributed by atoms with van der Waals surface area (Å²) in [5.74, 6) is 0. The zero-order chi connectivity index (χ0) is 30.5. The van der Waals surface area contributed by atoms with Gasteiger partial charge in [0.2, 0.25) is 0 Å². The van der Waals surface area contributed by atoms with E-state index in [1.54, 1.807) is 0 Å². The minimum absolute atomic E-state index is 1.21. The molecule has 0 unspecified atom stereocenters. The summed E-state index contributed by atoms with van der Waals surface area (Å²) in [5.41, 5.74) is 9.97. The first-order chi connectivity index (χ1) is 22.8. The van der Waals surface area contributed by atoms with Crippen LogP contribution in [-0.2, 0) is 0 Å². The van der Waals surface area contributed by atoms with E-state index in [1.807, 2.05) is 0 Å². The molecule has 9 aromatic rings. The Kier molecular flexibility index (Phi) is 6.25. The molecule has 0 heterocycles. The van der Waals surface area contributed by atoms with E-state index in [-0.39, 0.29) is 0 Å². The van der Waals surface area contributed by atoms with Crippen LogP contribution in [0.15, 0.2) is 182 Å². The van der Waals surface area contributed by atoms with E-state index in [4.69, 9.17) is 0 Å². The summed E-state index contributed by atoms with van der Waals surface area (Å²) in [7, 11) is 0. The van der Waals surface area contributed by atoms with Gasteiger partial charge in [-0.2, -0.15) is 0 Å². The van der Waals surface area contributed by atoms with Gasteiger partial charge in [-0.1, -0.05) is 170 Å². The first-order valence-corrected chi connectivity index (χ1v) is 15.9. The van der Waals surface area contributed by atoms with Crippen LogP contribution >= 0.6 is 0 Å². The zero-order valence-corrected chi connectivity index (χ0v) is 25.3. The minimum atomic E-state index is 1.21. The van der Waals surface area contributed by atoms with Crippen LogP contribution in [0.1, 0.15) is 0 Å². The molecular weight excluding hydrogens is 553 g/mol. The third-order valence-electron chi connectivity index (χ3n) is 9.45. The van der Waals surface area contributed by atoms with Crippen LogP contribution in [0.5, 0.6) is 0 Å². The summed E-state index contributed by atoms with van der Waals surface area (Å²) >= 11 is 0. The quantitative estimate of drug-likeness (QED) is 0.181. The van der Waals surface area contributed by atoms with E-state index >= 15 is 0 Å². The summed E-state index contributed by atoms with van der Waals surface area (Å²) in [6.07, 6.45) is 0. The summed E-state index contributed by atoms with van der Waals surface area (Å²) in [6, 6.07) is 66.5. The Bertz CT molecular complexity index is 2550. The molecule has 0 saturated carbocycles. The molecule has 0 nitrogen and oxygen atoms in total. The van der Waals surface area contributed by atoms with E-state index in [9.17, 15) is 0 Å². The number of hydrogen-bond acceptors (Lipinski definition) is 0. The maximum Gasteiger partial charge on any atom is -0.00201 e. The minimum Gasteiger partial charge on any atom is -0.0622 e. The smallest absolute Gasteiger partial charge is 0.00201 e. The molecule has 0 aromatic heterocycles. The third-order valence-corrected chi connectivity index (χ3v) is 9.45. The standard InChI is InChI=1S/C46H30/c1-2-13-35(14-3-1)45-41-18-8-9-19-42(41)46(40-20-10-16-34-12-6-7-17-39(34)40)43-28-27-38(30-44(43)45)33-23-21-32(22-24-33)37-26-25-31-11-4-5-15-36(31)29-37/h1-30H. The highest BCUT2D eigenvalue weighted by Gasteiger charge is 2.18. The van der Waals surface area contributed by atoms with Crippen molar-refractivity contribution in [2.75, 3.05) is 0 Å². The van der Waals surface area contributed by atoms with Crippen molar-refractivity contribution >= 4 is 43.1 Å². The molecule has 214 valence electrons. The predicted octanol–water partition coefficient (Wildman–Crippen LogP) is 13.0. The average molecular weight is 583 g/mol. The first kappa shape index (κ1) is 26.4. The second kappa shape index (κ2) is 10.9. The lowest BCUT2D eigenvalue weighted by molar-refractivity contribution is 1.61. The zero-order valence-electron chi connectivity index (χ0n) is 25.3. The van der Waals surface area contributed by atoms with Gasteiger partial charge in [0.1, 0.15) is 0 Å². The molecule has 9 aromatic carbocycles. The van der Waals surface area contributed by atoms with Crippen molar-refractivity contribution in [2.45, 2.75) is 0 Å². The monoisotopic (exact) mass is 582 g/mol. The van der Waals surface area contributed by atoms with Crippen molar-refractivity contribution in [1.82, 2.24) is 0 Å². The Balaban J connectivity index is 1.27. The molecule has 46 heavy (non-hydrogen) atoms. The highest BCUT2D eigenvalue weighted by atomic mass is 14.2. The van der Waals surface area contributed by atoms with Crippen molar-refractivity contribution in [3.63, 3.8) is 0 Å². The van der Waals surface area contributed by atoms with E-state index in [2.05, 4.69) is 182 Å². The molecule has 0 fully saturated rings. The number of benzene rings is 9. The largest absolute Gasteiger partial charge is 0.0622 e. The molecule has 0 heteroatoms. The van der Waals surface area contributed by atoms with Crippen LogP contribution in [0.3, 0.4) is 0 Å². The van der Waals surface area contributed by atoms with Crippen LogP contribution in [0, 0.1) is 0 Å². The molecule has 0 spiro atoms. The van der Waals surface area contributed by atoms with Crippen LogP contribution < -0.4 is 0 Å². The lowest BCUT2D eigenvalue weighted by atomic mass is 9.84. The van der Waals surface area contributed by atoms with Gasteiger partial charge in [0.15, 0.2) is 0 Å². The van der Waals surface area contributed by atoms with Crippen molar-refractivity contribution in [2.24, 2.45) is 0 Å². The Morgan fingerprint density at radius 2 is 0.739 bits per heavy atom. The SMILES string of the molecule is c1ccc(-c2c3ccccc3c(-c3cccc4ccccc34)c3ccc(-c4ccc(-c5ccc6ccccc6c5)cc4)cc23)cc1. The normalized spacial score (nSPS) is 11.5. The predicted molar refractivity (Wildman–Crippen MR) is 198 cm³/mol. The van der Waals surface area contributed by atoms with E-state index in [0.717, 1.165) is 0 Å². The molecule has 0 bridgehead atoms. The van der Waals surface area contributed by atoms with E-state index in [1.165, 1.54) is 87.6 Å². The second-order valence-corrected chi connectivity index (χ2v) is 12.1. The van der Waals surface area contributed by atoms with Crippen molar-refractivity contribution in [3.05, 3.63) is 182 Å². The maximum absolute atomic E-state index is 2.41. The molecule has 0 aliphatic heterocycles. The van der Waals surface area contributed by atoms with E-state index in [0.29, 0.717) is 0 Å². The van der Waals surface area contributed by atoms with Gasteiger partial charge < -0.3 is 0 Å². The van der Waals surface area contributed by atoms with Crippen molar-refractivity contribution < 1.29 is 0 Å². The molecule has 0 aliphatic rings. The van der Waals surface area contributed by atoms with Gasteiger partial charge in [-0.15, -0.1) is 0 Å². The highest BCUT2D eigenvalue weighted by Crippen LogP contribution is 2.46. The lowest BCUT2D eigenvalue weighted by Gasteiger charge is -2.19. The molecule has 0 radical (unpaired) electrons. The summed E-state index contributed by atoms with van der Waals surface area (Å²) in [6.45, 7) is 0. The van der Waals surface area contributed by atoms with Crippen LogP contribution in [0.4, 0.5) is 0 Å². The molecule has 0 saturated heterocycles. The van der Waals surface area contributed by atoms with Crippen LogP contribution in [-0.4, -0.2) is 0 Å². The van der Waals surface area contributed by atoms with Crippen molar-refractivity contribution in [3.8, 4) is 44.5 Å². The fraction of sp³-hybridized carbons (Fsp3) is 0. The third kappa shape index (κ3) is 4.38. The topological polar surface area (TPSA) is 0 Å². The van der Waals surface area contributed by atoms with Gasteiger partial charge in [0.25, 0.3) is 0 Å². The summed E-state index contributed by atoms with van der Waals surface area (Å²) in [4.78, 5) is 0. The van der Waals surface area contributed by atoms with Crippen molar-refractivity contribution in [1.29, 1.82) is 0 Å². The van der Waals surface area contributed by atoms with Crippen LogP contribution in [0.2, 0.25) is 0 Å². The maximum atomic E-state index is 2.41. The number of rotatable bonds is 4. The molecule has 0 N–H and O–H groups in total. The van der Waals surface area contributed by atoms with Crippen LogP contribution in [0.25, 0.3) is 87.6 Å². The molecule has 0 aliphatic carbocycles. The summed E-state index contributed by atoms with van der Waals surface area (Å²) < 4.78 is 0. The Morgan fingerprint density at radius 3 is 1.50 bits per heavy atom. The number of fused-ring (bicyclic) bond motifs is 4. The first-order valence-electron chi connectivity index (χ1n) is 15.9. The van der Waals surface area contributed by atoms with Gasteiger partial charge in [0, 0.05) is 0 Å². The second-order valence-electron chi connectivity index (χ2n) is 12.1. The summed E-state index contributed by atoms with van der Waals surface area (Å²) in [5, 5.41) is 10.1.